The second-order valence-corrected chi connectivity index (χ2v) is 7.62. The van der Waals surface area contributed by atoms with Gasteiger partial charge in [-0.25, -0.2) is 0 Å². The van der Waals surface area contributed by atoms with Gasteiger partial charge in [-0.3, -0.25) is 4.79 Å². The van der Waals surface area contributed by atoms with Gasteiger partial charge in [-0.2, -0.15) is 4.99 Å². The van der Waals surface area contributed by atoms with Gasteiger partial charge in [-0.1, -0.05) is 29.5 Å². The van der Waals surface area contributed by atoms with Crippen molar-refractivity contribution in [2.45, 2.75) is 20.4 Å². The molecule has 2 aromatic heterocycles. The summed E-state index contributed by atoms with van der Waals surface area (Å²) in [7, 11) is 1.57. The van der Waals surface area contributed by atoms with E-state index in [1.54, 1.807) is 19.2 Å². The largest absolute Gasteiger partial charge is 0.493 e. The minimum atomic E-state index is -0.420. The van der Waals surface area contributed by atoms with Crippen LogP contribution < -0.4 is 9.54 Å². The zero-order valence-electron chi connectivity index (χ0n) is 16.6. The normalized spacial score (nSPS) is 12.2. The van der Waals surface area contributed by atoms with Crippen molar-refractivity contribution in [3.8, 4) is 5.75 Å². The summed E-state index contributed by atoms with van der Waals surface area (Å²) < 4.78 is 19.7. The molecule has 0 aliphatic heterocycles. The summed E-state index contributed by atoms with van der Waals surface area (Å²) >= 11 is 1.49. The summed E-state index contributed by atoms with van der Waals surface area (Å²) in [5, 5.41) is 0.805. The lowest BCUT2D eigenvalue weighted by Gasteiger charge is -2.05. The maximum absolute atomic E-state index is 12.9. The van der Waals surface area contributed by atoms with Gasteiger partial charge in [0, 0.05) is 18.5 Å². The zero-order chi connectivity index (χ0) is 20.4. The number of rotatable bonds is 6. The van der Waals surface area contributed by atoms with Crippen LogP contribution in [0.5, 0.6) is 5.75 Å². The predicted molar refractivity (Wildman–Crippen MR) is 114 cm³/mol. The van der Waals surface area contributed by atoms with Crippen LogP contribution in [0.4, 0.5) is 0 Å². The van der Waals surface area contributed by atoms with Crippen molar-refractivity contribution >= 4 is 38.4 Å². The predicted octanol–water partition coefficient (Wildman–Crippen LogP) is 4.54. The molecule has 7 heteroatoms. The number of benzene rings is 2. The Kier molecular flexibility index (Phi) is 5.51. The second kappa shape index (κ2) is 8.23. The number of furan rings is 1. The molecular weight excluding hydrogens is 388 g/mol. The van der Waals surface area contributed by atoms with Crippen molar-refractivity contribution in [3.63, 3.8) is 0 Å². The van der Waals surface area contributed by atoms with Gasteiger partial charge in [0.05, 0.1) is 23.9 Å². The molecule has 6 nitrogen and oxygen atoms in total. The number of amides is 1. The first-order valence-corrected chi connectivity index (χ1v) is 10.3. The van der Waals surface area contributed by atoms with E-state index in [1.165, 1.54) is 11.3 Å². The highest BCUT2D eigenvalue weighted by Crippen LogP contribution is 2.28. The second-order valence-electron chi connectivity index (χ2n) is 6.61. The lowest BCUT2D eigenvalue weighted by molar-refractivity contribution is 0.0972. The molecule has 0 atom stereocenters. The maximum Gasteiger partial charge on any atom is 0.315 e. The monoisotopic (exact) mass is 410 g/mol. The van der Waals surface area contributed by atoms with Gasteiger partial charge in [0.15, 0.2) is 21.9 Å². The van der Waals surface area contributed by atoms with Crippen molar-refractivity contribution < 1.29 is 18.7 Å². The van der Waals surface area contributed by atoms with Crippen molar-refractivity contribution in [2.75, 3.05) is 20.3 Å². The fourth-order valence-corrected chi connectivity index (χ4v) is 4.38. The van der Waals surface area contributed by atoms with Crippen LogP contribution in [-0.4, -0.2) is 30.8 Å². The van der Waals surface area contributed by atoms with Gasteiger partial charge in [-0.15, -0.1) is 0 Å². The molecule has 0 bridgehead atoms. The first kappa shape index (κ1) is 19.4. The average molecular weight is 410 g/mol. The summed E-state index contributed by atoms with van der Waals surface area (Å²) in [6.07, 6.45) is 0. The van der Waals surface area contributed by atoms with E-state index >= 15 is 0 Å². The van der Waals surface area contributed by atoms with E-state index in [0.29, 0.717) is 35.9 Å². The molecule has 1 amide bonds. The fourth-order valence-electron chi connectivity index (χ4n) is 3.23. The van der Waals surface area contributed by atoms with Crippen LogP contribution in [0.25, 0.3) is 21.2 Å². The van der Waals surface area contributed by atoms with E-state index in [4.69, 9.17) is 13.9 Å². The highest BCUT2D eigenvalue weighted by molar-refractivity contribution is 7.16. The van der Waals surface area contributed by atoms with Gasteiger partial charge >= 0.3 is 5.91 Å². The summed E-state index contributed by atoms with van der Waals surface area (Å²) in [6, 6.07) is 13.5. The average Bonchev–Trinajstić information content (AvgIpc) is 3.29. The number of hydrogen-bond donors (Lipinski definition) is 0. The van der Waals surface area contributed by atoms with Crippen LogP contribution in [0.1, 0.15) is 23.0 Å². The number of methoxy groups -OCH3 is 1. The van der Waals surface area contributed by atoms with Crippen LogP contribution in [0.2, 0.25) is 0 Å². The van der Waals surface area contributed by atoms with Gasteiger partial charge in [0.25, 0.3) is 0 Å². The van der Waals surface area contributed by atoms with Gasteiger partial charge in [-0.05, 0) is 43.7 Å². The zero-order valence-corrected chi connectivity index (χ0v) is 17.4. The van der Waals surface area contributed by atoms with Crippen molar-refractivity contribution in [1.82, 2.24) is 4.57 Å². The number of para-hydroxylation sites is 1. The Bertz CT molecular complexity index is 1250. The quantitative estimate of drug-likeness (QED) is 0.438. The van der Waals surface area contributed by atoms with Crippen LogP contribution in [0, 0.1) is 6.92 Å². The Morgan fingerprint density at radius 2 is 2.10 bits per heavy atom. The summed E-state index contributed by atoms with van der Waals surface area (Å²) in [6.45, 7) is 5.84. The minimum absolute atomic E-state index is 0.189. The number of aromatic nitrogens is 1. The molecule has 0 radical (unpaired) electrons. The third-order valence-electron chi connectivity index (χ3n) is 4.64. The number of carbonyl (C=O) groups is 1. The SMILES string of the molecule is CCOCCn1c(=NC(=O)c2cc3cccc(OC)c3o2)sc2cc(C)ccc21. The van der Waals surface area contributed by atoms with Crippen LogP contribution >= 0.6 is 11.3 Å². The molecule has 0 aliphatic carbocycles. The van der Waals surface area contributed by atoms with E-state index in [1.807, 2.05) is 30.5 Å². The Balaban J connectivity index is 1.78. The lowest BCUT2D eigenvalue weighted by Crippen LogP contribution is -2.19. The molecule has 0 unspecified atom stereocenters. The van der Waals surface area contributed by atoms with Gasteiger partial charge < -0.3 is 18.5 Å². The highest BCUT2D eigenvalue weighted by atomic mass is 32.1. The summed E-state index contributed by atoms with van der Waals surface area (Å²) in [5.41, 5.74) is 2.75. The summed E-state index contributed by atoms with van der Waals surface area (Å²) in [5.74, 6) is 0.358. The third-order valence-corrected chi connectivity index (χ3v) is 5.68. The molecule has 0 N–H and O–H groups in total. The molecule has 150 valence electrons. The van der Waals surface area contributed by atoms with Gasteiger partial charge in [0.2, 0.25) is 0 Å². The molecule has 4 aromatic rings. The van der Waals surface area contributed by atoms with Crippen molar-refractivity contribution in [3.05, 3.63) is 58.6 Å². The fraction of sp³-hybridized carbons (Fsp3) is 0.273. The number of hydrogen-bond acceptors (Lipinski definition) is 5. The van der Waals surface area contributed by atoms with E-state index in [2.05, 4.69) is 23.2 Å². The molecule has 29 heavy (non-hydrogen) atoms. The van der Waals surface area contributed by atoms with Crippen LogP contribution in [-0.2, 0) is 11.3 Å². The molecule has 0 aliphatic rings. The Morgan fingerprint density at radius 1 is 1.24 bits per heavy atom. The third kappa shape index (κ3) is 3.83. The molecule has 0 spiro atoms. The van der Waals surface area contributed by atoms with E-state index in [-0.39, 0.29) is 5.76 Å². The maximum atomic E-state index is 12.9. The molecule has 4 rings (SSSR count). The number of thiazole rings is 1. The topological polar surface area (TPSA) is 66.0 Å². The first-order chi connectivity index (χ1) is 14.1. The number of nitrogens with zero attached hydrogens (tertiary/aromatic N) is 2. The smallest absolute Gasteiger partial charge is 0.315 e. The van der Waals surface area contributed by atoms with Crippen LogP contribution in [0.15, 0.2) is 51.9 Å². The first-order valence-electron chi connectivity index (χ1n) is 9.44. The lowest BCUT2D eigenvalue weighted by atomic mass is 10.2. The van der Waals surface area contributed by atoms with E-state index in [9.17, 15) is 4.79 Å². The van der Waals surface area contributed by atoms with Crippen LogP contribution in [0.3, 0.4) is 0 Å². The van der Waals surface area contributed by atoms with Crippen molar-refractivity contribution in [1.29, 1.82) is 0 Å². The number of fused-ring (bicyclic) bond motifs is 2. The van der Waals surface area contributed by atoms with Crippen molar-refractivity contribution in [2.24, 2.45) is 4.99 Å². The van der Waals surface area contributed by atoms with Gasteiger partial charge in [0.1, 0.15) is 0 Å². The summed E-state index contributed by atoms with van der Waals surface area (Å²) in [4.78, 5) is 17.9. The number of carbonyl (C=O) groups excluding carboxylic acids is 1. The molecule has 2 aromatic carbocycles. The molecule has 0 fully saturated rings. The minimum Gasteiger partial charge on any atom is -0.493 e. The molecular formula is C22H22N2O4S. The standard InChI is InChI=1S/C22H22N2O4S/c1-4-27-11-10-24-16-9-8-14(2)12-19(16)29-22(24)23-21(25)18-13-15-6-5-7-17(26-3)20(15)28-18/h5-9,12-13H,4,10-11H2,1-3H3. The number of ether oxygens (including phenoxy) is 2. The molecule has 0 saturated carbocycles. The Labute approximate surface area is 172 Å². The number of aryl methyl sites for hydroxylation is 1. The molecule has 0 saturated heterocycles. The van der Waals surface area contributed by atoms with E-state index in [0.717, 1.165) is 21.2 Å². The highest BCUT2D eigenvalue weighted by Gasteiger charge is 2.15. The van der Waals surface area contributed by atoms with E-state index < -0.39 is 5.91 Å². The Hall–Kier alpha value is -2.90. The molecule has 2 heterocycles. The Morgan fingerprint density at radius 3 is 2.90 bits per heavy atom.